The molecule has 4 nitrogen and oxygen atoms in total. The van der Waals surface area contributed by atoms with E-state index in [1.165, 1.54) is 0 Å². The van der Waals surface area contributed by atoms with Gasteiger partial charge in [0.05, 0.1) is 12.1 Å². The van der Waals surface area contributed by atoms with Gasteiger partial charge in [-0.1, -0.05) is 13.8 Å². The van der Waals surface area contributed by atoms with Gasteiger partial charge in [-0.15, -0.1) is 0 Å². The summed E-state index contributed by atoms with van der Waals surface area (Å²) in [5.74, 6) is 0.0165. The summed E-state index contributed by atoms with van der Waals surface area (Å²) in [4.78, 5) is 11.8. The van der Waals surface area contributed by atoms with Crippen LogP contribution in [0.25, 0.3) is 0 Å². The van der Waals surface area contributed by atoms with Crippen LogP contribution in [0.2, 0.25) is 0 Å². The molecule has 0 rings (SSSR count). The Kier molecular flexibility index (Phi) is 7.39. The van der Waals surface area contributed by atoms with Gasteiger partial charge in [-0.2, -0.15) is 0 Å². The van der Waals surface area contributed by atoms with Crippen LogP contribution >= 0.6 is 0 Å². The molecule has 2 unspecified atom stereocenters. The van der Waals surface area contributed by atoms with Crippen LogP contribution in [0.4, 0.5) is 0 Å². The SMILES string of the molecule is CCC(O)CCNC(C)C(=O)NC(C)(C)CC. The maximum Gasteiger partial charge on any atom is 0.237 e. The van der Waals surface area contributed by atoms with Gasteiger partial charge in [0.25, 0.3) is 0 Å². The monoisotopic (exact) mass is 244 g/mol. The topological polar surface area (TPSA) is 61.4 Å². The summed E-state index contributed by atoms with van der Waals surface area (Å²) in [6.07, 6.45) is 2.07. The summed E-state index contributed by atoms with van der Waals surface area (Å²) in [5, 5.41) is 15.5. The van der Waals surface area contributed by atoms with Crippen molar-refractivity contribution in [2.45, 2.75) is 71.6 Å². The lowest BCUT2D eigenvalue weighted by Crippen LogP contribution is -2.51. The van der Waals surface area contributed by atoms with E-state index in [1.807, 2.05) is 27.7 Å². The summed E-state index contributed by atoms with van der Waals surface area (Å²) >= 11 is 0. The van der Waals surface area contributed by atoms with Gasteiger partial charge >= 0.3 is 0 Å². The second kappa shape index (κ2) is 7.67. The van der Waals surface area contributed by atoms with E-state index in [0.29, 0.717) is 13.0 Å². The molecule has 17 heavy (non-hydrogen) atoms. The highest BCUT2D eigenvalue weighted by molar-refractivity contribution is 5.81. The highest BCUT2D eigenvalue weighted by Crippen LogP contribution is 2.07. The highest BCUT2D eigenvalue weighted by Gasteiger charge is 2.21. The molecule has 0 bridgehead atoms. The Morgan fingerprint density at radius 2 is 1.94 bits per heavy atom. The second-order valence-electron chi connectivity index (χ2n) is 5.25. The van der Waals surface area contributed by atoms with E-state index in [9.17, 15) is 9.90 Å². The van der Waals surface area contributed by atoms with Crippen LogP contribution in [0.1, 0.15) is 53.9 Å². The lowest BCUT2D eigenvalue weighted by molar-refractivity contribution is -0.124. The first kappa shape index (κ1) is 16.4. The third kappa shape index (κ3) is 7.34. The molecule has 0 aromatic rings. The first-order valence-electron chi connectivity index (χ1n) is 6.55. The van der Waals surface area contributed by atoms with Gasteiger partial charge in [-0.3, -0.25) is 4.79 Å². The number of rotatable bonds is 8. The second-order valence-corrected chi connectivity index (χ2v) is 5.25. The molecule has 0 aromatic heterocycles. The Bertz CT molecular complexity index is 229. The maximum absolute atomic E-state index is 11.8. The zero-order chi connectivity index (χ0) is 13.5. The first-order chi connectivity index (χ1) is 7.82. The molecule has 1 amide bonds. The van der Waals surface area contributed by atoms with Crippen molar-refractivity contribution in [2.24, 2.45) is 0 Å². The summed E-state index contributed by atoms with van der Waals surface area (Å²) in [6, 6.07) is -0.218. The van der Waals surface area contributed by atoms with Gasteiger partial charge in [0, 0.05) is 5.54 Å². The van der Waals surface area contributed by atoms with Crippen LogP contribution in [-0.2, 0) is 4.79 Å². The fourth-order valence-corrected chi connectivity index (χ4v) is 1.29. The van der Waals surface area contributed by atoms with Crippen molar-refractivity contribution in [1.82, 2.24) is 10.6 Å². The predicted molar refractivity (Wildman–Crippen MR) is 70.9 cm³/mol. The molecular formula is C13H28N2O2. The number of carbonyl (C=O) groups is 1. The summed E-state index contributed by atoms with van der Waals surface area (Å²) < 4.78 is 0. The van der Waals surface area contributed by atoms with Gasteiger partial charge in [0.2, 0.25) is 5.91 Å². The smallest absolute Gasteiger partial charge is 0.237 e. The molecular weight excluding hydrogens is 216 g/mol. The third-order valence-electron chi connectivity index (χ3n) is 3.14. The first-order valence-corrected chi connectivity index (χ1v) is 6.55. The Hall–Kier alpha value is -0.610. The molecule has 0 heterocycles. The molecule has 0 aliphatic rings. The Labute approximate surface area is 105 Å². The van der Waals surface area contributed by atoms with Gasteiger partial charge in [-0.25, -0.2) is 0 Å². The zero-order valence-corrected chi connectivity index (χ0v) is 11.8. The highest BCUT2D eigenvalue weighted by atomic mass is 16.3. The molecule has 0 saturated heterocycles. The average Bonchev–Trinajstić information content (AvgIpc) is 2.28. The molecule has 2 atom stereocenters. The van der Waals surface area contributed by atoms with E-state index in [-0.39, 0.29) is 23.6 Å². The number of hydrogen-bond acceptors (Lipinski definition) is 3. The molecule has 0 saturated carbocycles. The van der Waals surface area contributed by atoms with Crippen molar-refractivity contribution in [3.05, 3.63) is 0 Å². The van der Waals surface area contributed by atoms with Crippen molar-refractivity contribution >= 4 is 5.91 Å². The summed E-state index contributed by atoms with van der Waals surface area (Å²) in [6.45, 7) is 10.5. The minimum Gasteiger partial charge on any atom is -0.393 e. The maximum atomic E-state index is 11.8. The van der Waals surface area contributed by atoms with Gasteiger partial charge < -0.3 is 15.7 Å². The number of amides is 1. The van der Waals surface area contributed by atoms with Gasteiger partial charge in [0.15, 0.2) is 0 Å². The number of aliphatic hydroxyl groups is 1. The van der Waals surface area contributed by atoms with Crippen LogP contribution < -0.4 is 10.6 Å². The molecule has 0 fully saturated rings. The lowest BCUT2D eigenvalue weighted by Gasteiger charge is -2.27. The van der Waals surface area contributed by atoms with Gasteiger partial charge in [0.1, 0.15) is 0 Å². The van der Waals surface area contributed by atoms with Crippen LogP contribution in [-0.4, -0.2) is 35.2 Å². The normalized spacial score (nSPS) is 15.4. The van der Waals surface area contributed by atoms with E-state index in [1.54, 1.807) is 0 Å². The van der Waals surface area contributed by atoms with Crippen molar-refractivity contribution in [2.75, 3.05) is 6.54 Å². The quantitative estimate of drug-likeness (QED) is 0.605. The molecule has 4 heteroatoms. The Morgan fingerprint density at radius 3 is 2.41 bits per heavy atom. The van der Waals surface area contributed by atoms with Gasteiger partial charge in [-0.05, 0) is 46.6 Å². The fourth-order valence-electron chi connectivity index (χ4n) is 1.29. The molecule has 102 valence electrons. The van der Waals surface area contributed by atoms with Crippen molar-refractivity contribution < 1.29 is 9.90 Å². The summed E-state index contributed by atoms with van der Waals surface area (Å²) in [5.41, 5.74) is -0.157. The van der Waals surface area contributed by atoms with E-state index >= 15 is 0 Å². The number of aliphatic hydroxyl groups excluding tert-OH is 1. The molecule has 0 aromatic carbocycles. The number of carbonyl (C=O) groups excluding carboxylic acids is 1. The molecule has 3 N–H and O–H groups in total. The van der Waals surface area contributed by atoms with E-state index in [0.717, 1.165) is 12.8 Å². The summed E-state index contributed by atoms with van der Waals surface area (Å²) in [7, 11) is 0. The largest absolute Gasteiger partial charge is 0.393 e. The average molecular weight is 244 g/mol. The van der Waals surface area contributed by atoms with E-state index in [4.69, 9.17) is 0 Å². The minimum absolute atomic E-state index is 0.0165. The zero-order valence-electron chi connectivity index (χ0n) is 11.8. The Morgan fingerprint density at radius 1 is 1.35 bits per heavy atom. The van der Waals surface area contributed by atoms with Crippen molar-refractivity contribution in [3.63, 3.8) is 0 Å². The minimum atomic E-state index is -0.273. The van der Waals surface area contributed by atoms with Crippen LogP contribution in [0.5, 0.6) is 0 Å². The number of nitrogens with one attached hydrogen (secondary N) is 2. The molecule has 0 aliphatic carbocycles. The predicted octanol–water partition coefficient (Wildman–Crippen LogP) is 1.43. The van der Waals surface area contributed by atoms with Crippen molar-refractivity contribution in [3.8, 4) is 0 Å². The van der Waals surface area contributed by atoms with Crippen LogP contribution in [0.3, 0.4) is 0 Å². The lowest BCUT2D eigenvalue weighted by atomic mass is 10.0. The molecule has 0 radical (unpaired) electrons. The van der Waals surface area contributed by atoms with Crippen LogP contribution in [0.15, 0.2) is 0 Å². The van der Waals surface area contributed by atoms with Crippen molar-refractivity contribution in [1.29, 1.82) is 0 Å². The Balaban J connectivity index is 3.90. The van der Waals surface area contributed by atoms with E-state index < -0.39 is 0 Å². The standard InChI is InChI=1S/C13H28N2O2/c1-6-11(16)8-9-14-10(3)12(17)15-13(4,5)7-2/h10-11,14,16H,6-9H2,1-5H3,(H,15,17). The third-order valence-corrected chi connectivity index (χ3v) is 3.14. The number of hydrogen-bond donors (Lipinski definition) is 3. The fraction of sp³-hybridized carbons (Fsp3) is 0.923. The molecule has 0 spiro atoms. The van der Waals surface area contributed by atoms with E-state index in [2.05, 4.69) is 17.6 Å². The van der Waals surface area contributed by atoms with Crippen LogP contribution in [0, 0.1) is 0 Å². The molecule has 0 aliphatic heterocycles.